The first kappa shape index (κ1) is 58.9. The highest BCUT2D eigenvalue weighted by Gasteiger charge is 2.27. The number of nitrogens with zero attached hydrogens (tertiary/aromatic N) is 1. The molecule has 0 aliphatic heterocycles. The van der Waals surface area contributed by atoms with Gasteiger partial charge in [0, 0.05) is 12.8 Å². The zero-order valence-electron chi connectivity index (χ0n) is 39.8. The van der Waals surface area contributed by atoms with Crippen molar-refractivity contribution in [1.29, 1.82) is 0 Å². The second-order valence-electron chi connectivity index (χ2n) is 16.8. The van der Waals surface area contributed by atoms with Gasteiger partial charge in [0.15, 0.2) is 6.10 Å². The predicted octanol–water partition coefficient (Wildman–Crippen LogP) is 14.1. The van der Waals surface area contributed by atoms with E-state index < -0.39 is 32.5 Å². The lowest BCUT2D eigenvalue weighted by molar-refractivity contribution is -0.870. The molecule has 0 aliphatic rings. The van der Waals surface area contributed by atoms with Crippen molar-refractivity contribution in [3.8, 4) is 0 Å². The molecule has 0 aromatic carbocycles. The summed E-state index contributed by atoms with van der Waals surface area (Å²) in [5.74, 6) is -0.909. The number of hydrogen-bond acceptors (Lipinski definition) is 7. The molecule has 9 nitrogen and oxygen atoms in total. The fourth-order valence-electron chi connectivity index (χ4n) is 5.89. The van der Waals surface area contributed by atoms with Gasteiger partial charge in [-0.1, -0.05) is 169 Å². The van der Waals surface area contributed by atoms with Gasteiger partial charge in [0.2, 0.25) is 0 Å². The van der Waals surface area contributed by atoms with Crippen molar-refractivity contribution < 1.29 is 42.1 Å². The molecule has 0 saturated heterocycles. The number of allylic oxidation sites excluding steroid dienone is 16. The average molecular weight is 887 g/mol. The lowest BCUT2D eigenvalue weighted by Crippen LogP contribution is -2.37. The molecular formula is C52H89NO8P+. The highest BCUT2D eigenvalue weighted by atomic mass is 31.2. The SMILES string of the molecule is CC/C=C/C/C=C/C/C=C/C/C=C/C/C=C/C/C=C/CCC(=O)OC[C@H](COP(=O)(O)OCC[N+](C)(C)C)OC(=O)CCCCCCCCCCC/C=C/C/C=C/CCCCC. The Hall–Kier alpha value is -3.07. The van der Waals surface area contributed by atoms with Crippen molar-refractivity contribution in [2.75, 3.05) is 47.5 Å². The Labute approximate surface area is 379 Å². The molecule has 354 valence electrons. The number of unbranched alkanes of at least 4 members (excludes halogenated alkanes) is 12. The van der Waals surface area contributed by atoms with E-state index in [1.54, 1.807) is 0 Å². The van der Waals surface area contributed by atoms with E-state index in [9.17, 15) is 19.0 Å². The van der Waals surface area contributed by atoms with Crippen LogP contribution in [0.4, 0.5) is 0 Å². The Kier molecular flexibility index (Phi) is 41.1. The topological polar surface area (TPSA) is 108 Å². The van der Waals surface area contributed by atoms with E-state index >= 15 is 0 Å². The molecule has 1 unspecified atom stereocenters. The third-order valence-corrected chi connectivity index (χ3v) is 10.6. The first-order valence-corrected chi connectivity index (χ1v) is 25.5. The van der Waals surface area contributed by atoms with E-state index in [0.717, 1.165) is 70.6 Å². The molecule has 0 fully saturated rings. The molecule has 1 N–H and O–H groups in total. The highest BCUT2D eigenvalue weighted by molar-refractivity contribution is 7.47. The van der Waals surface area contributed by atoms with Gasteiger partial charge in [-0.05, 0) is 83.5 Å². The fraction of sp³-hybridized carbons (Fsp3) is 0.654. The third kappa shape index (κ3) is 46.4. The summed E-state index contributed by atoms with van der Waals surface area (Å²) in [5.41, 5.74) is 0. The number of phosphoric ester groups is 1. The zero-order valence-corrected chi connectivity index (χ0v) is 40.7. The van der Waals surface area contributed by atoms with Gasteiger partial charge in [0.25, 0.3) is 0 Å². The van der Waals surface area contributed by atoms with Gasteiger partial charge in [-0.25, -0.2) is 4.57 Å². The summed E-state index contributed by atoms with van der Waals surface area (Å²) in [7, 11) is 1.42. The lowest BCUT2D eigenvalue weighted by Gasteiger charge is -2.24. The highest BCUT2D eigenvalue weighted by Crippen LogP contribution is 2.43. The quantitative estimate of drug-likeness (QED) is 0.0212. The van der Waals surface area contributed by atoms with E-state index in [2.05, 4.69) is 98.9 Å². The van der Waals surface area contributed by atoms with E-state index in [1.807, 2.05) is 33.3 Å². The minimum Gasteiger partial charge on any atom is -0.462 e. The predicted molar refractivity (Wildman–Crippen MR) is 261 cm³/mol. The van der Waals surface area contributed by atoms with Crippen LogP contribution < -0.4 is 0 Å². The number of rotatable bonds is 42. The molecule has 10 heteroatoms. The van der Waals surface area contributed by atoms with Crippen LogP contribution in [0.1, 0.15) is 168 Å². The second kappa shape index (κ2) is 43.2. The van der Waals surface area contributed by atoms with Gasteiger partial charge in [-0.15, -0.1) is 0 Å². The molecule has 0 rings (SSSR count). The van der Waals surface area contributed by atoms with Crippen molar-refractivity contribution >= 4 is 19.8 Å². The average Bonchev–Trinajstić information content (AvgIpc) is 3.23. The fourth-order valence-corrected chi connectivity index (χ4v) is 6.63. The molecule has 0 aliphatic carbocycles. The van der Waals surface area contributed by atoms with E-state index in [4.69, 9.17) is 18.5 Å². The van der Waals surface area contributed by atoms with E-state index in [1.165, 1.54) is 57.8 Å². The molecule has 0 amide bonds. The summed E-state index contributed by atoms with van der Waals surface area (Å²) in [6.07, 6.45) is 57.5. The minimum atomic E-state index is -4.40. The maximum Gasteiger partial charge on any atom is 0.472 e. The molecule has 0 heterocycles. The number of quaternary nitrogens is 1. The first-order valence-electron chi connectivity index (χ1n) is 24.0. The van der Waals surface area contributed by atoms with Gasteiger partial charge < -0.3 is 18.9 Å². The molecule has 0 aromatic heterocycles. The number of phosphoric acid groups is 1. The molecule has 62 heavy (non-hydrogen) atoms. The summed E-state index contributed by atoms with van der Waals surface area (Å²) < 4.78 is 34.3. The summed E-state index contributed by atoms with van der Waals surface area (Å²) >= 11 is 0. The summed E-state index contributed by atoms with van der Waals surface area (Å²) in [6.45, 7) is 4.18. The van der Waals surface area contributed by atoms with Crippen LogP contribution in [0.5, 0.6) is 0 Å². The summed E-state index contributed by atoms with van der Waals surface area (Å²) in [4.78, 5) is 35.4. The molecule has 0 aromatic rings. The van der Waals surface area contributed by atoms with Crippen LogP contribution in [0.15, 0.2) is 97.2 Å². The van der Waals surface area contributed by atoms with Crippen LogP contribution >= 0.6 is 7.82 Å². The van der Waals surface area contributed by atoms with Gasteiger partial charge in [0.1, 0.15) is 19.8 Å². The molecule has 0 bridgehead atoms. The molecule has 0 saturated carbocycles. The van der Waals surface area contributed by atoms with Crippen molar-refractivity contribution in [3.05, 3.63) is 97.2 Å². The van der Waals surface area contributed by atoms with Crippen molar-refractivity contribution in [2.45, 2.75) is 174 Å². The number of carbonyl (C=O) groups excluding carboxylic acids is 2. The van der Waals surface area contributed by atoms with Crippen LogP contribution in [0.3, 0.4) is 0 Å². The van der Waals surface area contributed by atoms with Crippen LogP contribution in [0.2, 0.25) is 0 Å². The lowest BCUT2D eigenvalue weighted by atomic mass is 10.1. The Morgan fingerprint density at radius 2 is 0.952 bits per heavy atom. The zero-order chi connectivity index (χ0) is 45.7. The number of ether oxygens (including phenoxy) is 2. The maximum absolute atomic E-state index is 12.7. The van der Waals surface area contributed by atoms with E-state index in [0.29, 0.717) is 23.9 Å². The monoisotopic (exact) mass is 887 g/mol. The number of carbonyl (C=O) groups is 2. The molecular weight excluding hydrogens is 798 g/mol. The largest absolute Gasteiger partial charge is 0.472 e. The third-order valence-electron chi connectivity index (χ3n) is 9.61. The molecule has 0 radical (unpaired) electrons. The van der Waals surface area contributed by atoms with Crippen LogP contribution in [0.25, 0.3) is 0 Å². The number of esters is 2. The first-order chi connectivity index (χ1) is 30.0. The van der Waals surface area contributed by atoms with Gasteiger partial charge in [-0.2, -0.15) is 0 Å². The maximum atomic E-state index is 12.7. The Bertz CT molecular complexity index is 1370. The Morgan fingerprint density at radius 3 is 1.44 bits per heavy atom. The Morgan fingerprint density at radius 1 is 0.516 bits per heavy atom. The second-order valence-corrected chi connectivity index (χ2v) is 18.2. The Balaban J connectivity index is 4.44. The number of hydrogen-bond donors (Lipinski definition) is 1. The standard InChI is InChI=1S/C52H88NO8P/c1-6-8-10-12-14-16-18-20-22-24-26-28-30-32-34-36-38-40-42-44-51(54)58-48-50(49-60-62(56,57)59-47-46-53(3,4)5)61-52(55)45-43-41-39-37-35-33-31-29-27-25-23-21-19-17-15-13-11-9-7-2/h8,10,14-17,20-23,26,28,32,34,38,40,50H,6-7,9,11-13,18-19,24-25,27,29-31,33,35-37,39,41-49H2,1-5H3/p+1/b10-8+,16-14+,17-15+,22-20+,23-21+,28-26+,34-32+,40-38+/t50-/m1/s1. The smallest absolute Gasteiger partial charge is 0.462 e. The molecule has 0 spiro atoms. The minimum absolute atomic E-state index is 0.0144. The summed E-state index contributed by atoms with van der Waals surface area (Å²) in [5, 5.41) is 0. The van der Waals surface area contributed by atoms with Crippen molar-refractivity contribution in [1.82, 2.24) is 0 Å². The van der Waals surface area contributed by atoms with Crippen LogP contribution in [-0.2, 0) is 32.7 Å². The number of likely N-dealkylation sites (N-methyl/N-ethyl adjacent to an activating group) is 1. The van der Waals surface area contributed by atoms with Crippen LogP contribution in [0, 0.1) is 0 Å². The van der Waals surface area contributed by atoms with Gasteiger partial charge in [-0.3, -0.25) is 18.6 Å². The van der Waals surface area contributed by atoms with Crippen molar-refractivity contribution in [2.24, 2.45) is 0 Å². The van der Waals surface area contributed by atoms with E-state index in [-0.39, 0.29) is 26.1 Å². The summed E-state index contributed by atoms with van der Waals surface area (Å²) in [6, 6.07) is 0. The molecule has 2 atom stereocenters. The van der Waals surface area contributed by atoms with Gasteiger partial charge in [0.05, 0.1) is 27.7 Å². The normalized spacial score (nSPS) is 14.4. The van der Waals surface area contributed by atoms with Crippen molar-refractivity contribution in [3.63, 3.8) is 0 Å². The van der Waals surface area contributed by atoms with Crippen LogP contribution in [-0.4, -0.2) is 74.9 Å². The van der Waals surface area contributed by atoms with Gasteiger partial charge >= 0.3 is 19.8 Å².